The molecule has 3 aromatic rings. The second-order valence-electron chi connectivity index (χ2n) is 5.43. The van der Waals surface area contributed by atoms with Gasteiger partial charge in [-0.05, 0) is 36.4 Å². The molecular formula is C17H15N5O4. The number of hydrogen-bond acceptors (Lipinski definition) is 4. The van der Waals surface area contributed by atoms with E-state index in [0.717, 1.165) is 4.68 Å². The summed E-state index contributed by atoms with van der Waals surface area (Å²) in [6.45, 7) is 1.38. The number of nitrogens with zero attached hydrogens (tertiary/aromatic N) is 1. The zero-order chi connectivity index (χ0) is 18.7. The molecule has 9 heteroatoms. The van der Waals surface area contributed by atoms with Gasteiger partial charge in [-0.1, -0.05) is 12.1 Å². The quantitative estimate of drug-likeness (QED) is 0.559. The first-order valence-electron chi connectivity index (χ1n) is 7.64. The molecule has 0 spiro atoms. The highest BCUT2D eigenvalue weighted by molar-refractivity contribution is 6.07. The lowest BCUT2D eigenvalue weighted by atomic mass is 10.2. The molecule has 132 valence electrons. The van der Waals surface area contributed by atoms with Crippen LogP contribution in [-0.2, 0) is 4.79 Å². The Bertz CT molecular complexity index is 1080. The third kappa shape index (κ3) is 3.61. The van der Waals surface area contributed by atoms with E-state index in [1.54, 1.807) is 24.3 Å². The van der Waals surface area contributed by atoms with Crippen molar-refractivity contribution in [3.63, 3.8) is 0 Å². The summed E-state index contributed by atoms with van der Waals surface area (Å²) in [5.41, 5.74) is 0.480. The average Bonchev–Trinajstić information content (AvgIpc) is 2.94. The fourth-order valence-electron chi connectivity index (χ4n) is 2.36. The highest BCUT2D eigenvalue weighted by Crippen LogP contribution is 2.21. The molecular weight excluding hydrogens is 338 g/mol. The predicted molar refractivity (Wildman–Crippen MR) is 95.7 cm³/mol. The van der Waals surface area contributed by atoms with Gasteiger partial charge in [0.2, 0.25) is 5.91 Å². The van der Waals surface area contributed by atoms with Crippen LogP contribution < -0.4 is 22.0 Å². The third-order valence-corrected chi connectivity index (χ3v) is 3.51. The molecule has 9 nitrogen and oxygen atoms in total. The maximum atomic E-state index is 12.4. The van der Waals surface area contributed by atoms with E-state index in [2.05, 4.69) is 20.7 Å². The predicted octanol–water partition coefficient (Wildman–Crippen LogP) is 1.06. The molecule has 0 bridgehead atoms. The lowest BCUT2D eigenvalue weighted by molar-refractivity contribution is -0.114. The monoisotopic (exact) mass is 353 g/mol. The standard InChI is InChI=1S/C17H15N5O4/c1-10(23)18-13-4-2-3-5-14(13)19-15(24)11-6-8-12(9-7-11)22-17(26)20-16(25)21-22/h2-9H,1H3,(H,18,23)(H,19,24)(H2,20,21,25,26). The van der Waals surface area contributed by atoms with E-state index >= 15 is 0 Å². The van der Waals surface area contributed by atoms with Crippen LogP contribution in [0.4, 0.5) is 11.4 Å². The van der Waals surface area contributed by atoms with Crippen LogP contribution in [0.5, 0.6) is 0 Å². The van der Waals surface area contributed by atoms with Gasteiger partial charge in [-0.15, -0.1) is 0 Å². The van der Waals surface area contributed by atoms with Gasteiger partial charge in [0.15, 0.2) is 0 Å². The Balaban J connectivity index is 1.81. The van der Waals surface area contributed by atoms with Gasteiger partial charge < -0.3 is 10.6 Å². The van der Waals surface area contributed by atoms with E-state index in [1.807, 2.05) is 0 Å². The fourth-order valence-corrected chi connectivity index (χ4v) is 2.36. The van der Waals surface area contributed by atoms with Crippen molar-refractivity contribution in [3.05, 3.63) is 75.1 Å². The maximum Gasteiger partial charge on any atom is 0.349 e. The number of H-pyrrole nitrogens is 2. The Morgan fingerprint density at radius 1 is 0.923 bits per heavy atom. The second-order valence-corrected chi connectivity index (χ2v) is 5.43. The Morgan fingerprint density at radius 2 is 1.54 bits per heavy atom. The van der Waals surface area contributed by atoms with E-state index in [-0.39, 0.29) is 11.8 Å². The molecule has 0 atom stereocenters. The zero-order valence-electron chi connectivity index (χ0n) is 13.7. The number of rotatable bonds is 4. The number of carbonyl (C=O) groups is 2. The summed E-state index contributed by atoms with van der Waals surface area (Å²) in [6, 6.07) is 12.9. The Hall–Kier alpha value is -3.88. The van der Waals surface area contributed by atoms with Gasteiger partial charge in [-0.3, -0.25) is 14.6 Å². The molecule has 0 saturated heterocycles. The summed E-state index contributed by atoms with van der Waals surface area (Å²) in [6.07, 6.45) is 0. The van der Waals surface area contributed by atoms with Crippen LogP contribution in [0.1, 0.15) is 17.3 Å². The number of amides is 2. The number of carbonyl (C=O) groups excluding carboxylic acids is 2. The SMILES string of the molecule is CC(=O)Nc1ccccc1NC(=O)c1ccc(-n2[nH]c(=O)[nH]c2=O)cc1. The molecule has 0 aliphatic carbocycles. The zero-order valence-corrected chi connectivity index (χ0v) is 13.7. The number of aromatic amines is 2. The lowest BCUT2D eigenvalue weighted by Crippen LogP contribution is -2.17. The van der Waals surface area contributed by atoms with Gasteiger partial charge in [0.25, 0.3) is 5.91 Å². The Labute approximate surface area is 146 Å². The van der Waals surface area contributed by atoms with Crippen LogP contribution in [0.15, 0.2) is 58.1 Å². The summed E-state index contributed by atoms with van der Waals surface area (Å²) >= 11 is 0. The van der Waals surface area contributed by atoms with Crippen molar-refractivity contribution < 1.29 is 9.59 Å². The molecule has 2 amide bonds. The lowest BCUT2D eigenvalue weighted by Gasteiger charge is -2.11. The van der Waals surface area contributed by atoms with Crippen LogP contribution in [0, 0.1) is 0 Å². The fraction of sp³-hybridized carbons (Fsp3) is 0.0588. The van der Waals surface area contributed by atoms with Crippen molar-refractivity contribution >= 4 is 23.2 Å². The van der Waals surface area contributed by atoms with E-state index < -0.39 is 11.4 Å². The smallest absolute Gasteiger partial charge is 0.325 e. The summed E-state index contributed by atoms with van der Waals surface area (Å²) in [4.78, 5) is 48.5. The second kappa shape index (κ2) is 6.93. The number of benzene rings is 2. The van der Waals surface area contributed by atoms with Gasteiger partial charge >= 0.3 is 11.4 Å². The van der Waals surface area contributed by atoms with Crippen molar-refractivity contribution in [3.8, 4) is 5.69 Å². The highest BCUT2D eigenvalue weighted by Gasteiger charge is 2.11. The molecule has 26 heavy (non-hydrogen) atoms. The van der Waals surface area contributed by atoms with Gasteiger partial charge in [0.05, 0.1) is 17.1 Å². The Kier molecular flexibility index (Phi) is 4.52. The largest absolute Gasteiger partial charge is 0.349 e. The van der Waals surface area contributed by atoms with Crippen LogP contribution in [-0.4, -0.2) is 26.6 Å². The van der Waals surface area contributed by atoms with E-state index in [4.69, 9.17) is 0 Å². The molecule has 4 N–H and O–H groups in total. The first-order valence-corrected chi connectivity index (χ1v) is 7.64. The Morgan fingerprint density at radius 3 is 2.08 bits per heavy atom. The minimum Gasteiger partial charge on any atom is -0.325 e. The van der Waals surface area contributed by atoms with Gasteiger partial charge in [-0.25, -0.2) is 19.4 Å². The molecule has 0 saturated carbocycles. The number of hydrogen-bond donors (Lipinski definition) is 4. The van der Waals surface area contributed by atoms with E-state index in [0.29, 0.717) is 22.6 Å². The first kappa shape index (κ1) is 17.0. The van der Waals surface area contributed by atoms with Crippen molar-refractivity contribution in [2.24, 2.45) is 0 Å². The number of para-hydroxylation sites is 2. The number of aromatic nitrogens is 3. The summed E-state index contributed by atoms with van der Waals surface area (Å²) in [7, 11) is 0. The molecule has 0 aliphatic heterocycles. The van der Waals surface area contributed by atoms with Gasteiger partial charge in [0, 0.05) is 12.5 Å². The minimum atomic E-state index is -0.619. The maximum absolute atomic E-state index is 12.4. The molecule has 1 heterocycles. The molecule has 0 radical (unpaired) electrons. The van der Waals surface area contributed by atoms with Crippen molar-refractivity contribution in [2.75, 3.05) is 10.6 Å². The van der Waals surface area contributed by atoms with Crippen molar-refractivity contribution in [1.82, 2.24) is 14.8 Å². The molecule has 2 aromatic carbocycles. The number of anilines is 2. The summed E-state index contributed by atoms with van der Waals surface area (Å²) in [5.74, 6) is -0.633. The third-order valence-electron chi connectivity index (χ3n) is 3.51. The van der Waals surface area contributed by atoms with Crippen molar-refractivity contribution in [2.45, 2.75) is 6.92 Å². The normalized spacial score (nSPS) is 10.3. The van der Waals surface area contributed by atoms with Crippen LogP contribution in [0.2, 0.25) is 0 Å². The highest BCUT2D eigenvalue weighted by atomic mass is 16.2. The van der Waals surface area contributed by atoms with E-state index in [9.17, 15) is 19.2 Å². The topological polar surface area (TPSA) is 129 Å². The summed E-state index contributed by atoms with van der Waals surface area (Å²) in [5, 5.41) is 7.69. The van der Waals surface area contributed by atoms with Crippen LogP contribution >= 0.6 is 0 Å². The van der Waals surface area contributed by atoms with Gasteiger partial charge in [-0.2, -0.15) is 0 Å². The number of nitrogens with one attached hydrogen (secondary N) is 4. The average molecular weight is 353 g/mol. The molecule has 0 fully saturated rings. The first-order chi connectivity index (χ1) is 12.4. The molecule has 3 rings (SSSR count). The molecule has 1 aromatic heterocycles. The van der Waals surface area contributed by atoms with Crippen molar-refractivity contribution in [1.29, 1.82) is 0 Å². The molecule has 0 unspecified atom stereocenters. The summed E-state index contributed by atoms with van der Waals surface area (Å²) < 4.78 is 1.04. The molecule has 0 aliphatic rings. The minimum absolute atomic E-state index is 0.248. The van der Waals surface area contributed by atoms with Crippen LogP contribution in [0.3, 0.4) is 0 Å². The van der Waals surface area contributed by atoms with Gasteiger partial charge in [0.1, 0.15) is 0 Å². The van der Waals surface area contributed by atoms with Crippen LogP contribution in [0.25, 0.3) is 5.69 Å². The van der Waals surface area contributed by atoms with E-state index in [1.165, 1.54) is 31.2 Å².